The molecule has 4 heteroatoms. The lowest BCUT2D eigenvalue weighted by atomic mass is 10.0. The summed E-state index contributed by atoms with van der Waals surface area (Å²) in [6.45, 7) is 0. The summed E-state index contributed by atoms with van der Waals surface area (Å²) < 4.78 is 0. The van der Waals surface area contributed by atoms with Gasteiger partial charge in [-0.2, -0.15) is 0 Å². The molecule has 4 nitrogen and oxygen atoms in total. The Balaban J connectivity index is 2.27. The fourth-order valence-corrected chi connectivity index (χ4v) is 2.18. The molecule has 20 heavy (non-hydrogen) atoms. The lowest BCUT2D eigenvalue weighted by molar-refractivity contribution is 0.100. The molecular weight excluding hydrogens is 250 g/mol. The van der Waals surface area contributed by atoms with E-state index in [0.717, 1.165) is 16.5 Å². The SMILES string of the molecule is NC(=O)c1cc(-c2ccc(N)cc2)nc2ccccc12. The van der Waals surface area contributed by atoms with Crippen molar-refractivity contribution in [3.05, 3.63) is 60.2 Å². The van der Waals surface area contributed by atoms with Gasteiger partial charge in [0.15, 0.2) is 0 Å². The zero-order valence-electron chi connectivity index (χ0n) is 10.7. The van der Waals surface area contributed by atoms with Crippen LogP contribution in [0.15, 0.2) is 54.6 Å². The Morgan fingerprint density at radius 1 is 1.00 bits per heavy atom. The van der Waals surface area contributed by atoms with Crippen molar-refractivity contribution in [2.45, 2.75) is 0 Å². The highest BCUT2D eigenvalue weighted by Crippen LogP contribution is 2.25. The van der Waals surface area contributed by atoms with Crippen molar-refractivity contribution in [2.24, 2.45) is 5.73 Å². The quantitative estimate of drug-likeness (QED) is 0.697. The molecule has 3 aromatic rings. The van der Waals surface area contributed by atoms with Gasteiger partial charge in [-0.25, -0.2) is 4.98 Å². The number of rotatable bonds is 2. The van der Waals surface area contributed by atoms with Crippen molar-refractivity contribution in [1.82, 2.24) is 4.98 Å². The Labute approximate surface area is 116 Å². The number of anilines is 1. The van der Waals surface area contributed by atoms with Crippen LogP contribution in [0.4, 0.5) is 5.69 Å². The van der Waals surface area contributed by atoms with Crippen molar-refractivity contribution in [1.29, 1.82) is 0 Å². The van der Waals surface area contributed by atoms with Gasteiger partial charge in [-0.05, 0) is 24.3 Å². The molecule has 1 aromatic heterocycles. The molecule has 2 aromatic carbocycles. The first-order valence-corrected chi connectivity index (χ1v) is 6.20. The topological polar surface area (TPSA) is 82.0 Å². The summed E-state index contributed by atoms with van der Waals surface area (Å²) in [5, 5.41) is 0.763. The third-order valence-corrected chi connectivity index (χ3v) is 3.19. The van der Waals surface area contributed by atoms with Gasteiger partial charge in [-0.15, -0.1) is 0 Å². The number of nitrogens with two attached hydrogens (primary N) is 2. The predicted octanol–water partition coefficient (Wildman–Crippen LogP) is 2.58. The maximum absolute atomic E-state index is 11.6. The van der Waals surface area contributed by atoms with Gasteiger partial charge in [0.1, 0.15) is 0 Å². The third-order valence-electron chi connectivity index (χ3n) is 3.19. The van der Waals surface area contributed by atoms with Crippen LogP contribution in [0.25, 0.3) is 22.2 Å². The maximum atomic E-state index is 11.6. The number of nitrogen functional groups attached to an aromatic ring is 1. The molecule has 0 unspecified atom stereocenters. The predicted molar refractivity (Wildman–Crippen MR) is 80.1 cm³/mol. The number of aromatic nitrogens is 1. The van der Waals surface area contributed by atoms with E-state index in [1.807, 2.05) is 36.4 Å². The minimum Gasteiger partial charge on any atom is -0.399 e. The molecular formula is C16H13N3O. The molecule has 4 N–H and O–H groups in total. The van der Waals surface area contributed by atoms with E-state index in [0.29, 0.717) is 16.9 Å². The number of primary amides is 1. The van der Waals surface area contributed by atoms with E-state index in [1.54, 1.807) is 18.2 Å². The number of hydrogen-bond acceptors (Lipinski definition) is 3. The van der Waals surface area contributed by atoms with E-state index >= 15 is 0 Å². The molecule has 0 aliphatic rings. The van der Waals surface area contributed by atoms with Gasteiger partial charge in [0.2, 0.25) is 5.91 Å². The molecule has 1 heterocycles. The zero-order valence-corrected chi connectivity index (χ0v) is 10.7. The maximum Gasteiger partial charge on any atom is 0.249 e. The smallest absolute Gasteiger partial charge is 0.249 e. The molecule has 0 bridgehead atoms. The summed E-state index contributed by atoms with van der Waals surface area (Å²) in [5.74, 6) is -0.458. The Morgan fingerprint density at radius 2 is 1.70 bits per heavy atom. The minimum atomic E-state index is -0.458. The van der Waals surface area contributed by atoms with Gasteiger partial charge < -0.3 is 11.5 Å². The number of amides is 1. The highest BCUT2D eigenvalue weighted by Gasteiger charge is 2.10. The fourth-order valence-electron chi connectivity index (χ4n) is 2.18. The van der Waals surface area contributed by atoms with Crippen LogP contribution >= 0.6 is 0 Å². The van der Waals surface area contributed by atoms with Crippen LogP contribution in [0.2, 0.25) is 0 Å². The summed E-state index contributed by atoms with van der Waals surface area (Å²) in [6, 6.07) is 16.5. The molecule has 0 saturated heterocycles. The number of nitrogens with zero attached hydrogens (tertiary/aromatic N) is 1. The molecule has 0 radical (unpaired) electrons. The molecule has 0 fully saturated rings. The standard InChI is InChI=1S/C16H13N3O/c17-11-7-5-10(6-8-11)15-9-13(16(18)20)12-3-1-2-4-14(12)19-15/h1-9H,17H2,(H2,18,20). The number of carbonyl (C=O) groups excluding carboxylic acids is 1. The van der Waals surface area contributed by atoms with Crippen molar-refractivity contribution in [3.63, 3.8) is 0 Å². The summed E-state index contributed by atoms with van der Waals surface area (Å²) in [5.41, 5.74) is 14.7. The molecule has 0 spiro atoms. The zero-order chi connectivity index (χ0) is 14.1. The average molecular weight is 263 g/mol. The molecule has 98 valence electrons. The molecule has 0 atom stereocenters. The number of fused-ring (bicyclic) bond motifs is 1. The average Bonchev–Trinajstić information content (AvgIpc) is 2.46. The second-order valence-corrected chi connectivity index (χ2v) is 4.56. The van der Waals surface area contributed by atoms with Crippen LogP contribution < -0.4 is 11.5 Å². The monoisotopic (exact) mass is 263 g/mol. The van der Waals surface area contributed by atoms with Gasteiger partial charge in [0.25, 0.3) is 0 Å². The summed E-state index contributed by atoms with van der Waals surface area (Å²) in [7, 11) is 0. The van der Waals surface area contributed by atoms with Gasteiger partial charge >= 0.3 is 0 Å². The first kappa shape index (κ1) is 12.2. The van der Waals surface area contributed by atoms with Crippen LogP contribution in [0.5, 0.6) is 0 Å². The van der Waals surface area contributed by atoms with Crippen molar-refractivity contribution < 1.29 is 4.79 Å². The lowest BCUT2D eigenvalue weighted by Crippen LogP contribution is -2.12. The van der Waals surface area contributed by atoms with Crippen LogP contribution in [0.3, 0.4) is 0 Å². The van der Waals surface area contributed by atoms with Crippen molar-refractivity contribution in [3.8, 4) is 11.3 Å². The first-order chi connectivity index (χ1) is 9.65. The van der Waals surface area contributed by atoms with Gasteiger partial charge in [0.05, 0.1) is 16.8 Å². The number of benzene rings is 2. The van der Waals surface area contributed by atoms with E-state index in [-0.39, 0.29) is 0 Å². The molecule has 0 saturated carbocycles. The van der Waals surface area contributed by atoms with E-state index < -0.39 is 5.91 Å². The van der Waals surface area contributed by atoms with E-state index in [9.17, 15) is 4.79 Å². The Bertz CT molecular complexity index is 794. The number of para-hydroxylation sites is 1. The highest BCUT2D eigenvalue weighted by atomic mass is 16.1. The third kappa shape index (κ3) is 2.07. The second-order valence-electron chi connectivity index (χ2n) is 4.56. The Kier molecular flexibility index (Phi) is 2.84. The second kappa shape index (κ2) is 4.66. The molecule has 3 rings (SSSR count). The largest absolute Gasteiger partial charge is 0.399 e. The molecule has 0 aliphatic carbocycles. The van der Waals surface area contributed by atoms with Gasteiger partial charge in [-0.3, -0.25) is 4.79 Å². The Morgan fingerprint density at radius 3 is 2.40 bits per heavy atom. The highest BCUT2D eigenvalue weighted by molar-refractivity contribution is 6.06. The van der Waals surface area contributed by atoms with Gasteiger partial charge in [0, 0.05) is 16.6 Å². The number of pyridine rings is 1. The molecule has 1 amide bonds. The van der Waals surface area contributed by atoms with E-state index in [1.165, 1.54) is 0 Å². The van der Waals surface area contributed by atoms with E-state index in [4.69, 9.17) is 11.5 Å². The summed E-state index contributed by atoms with van der Waals surface area (Å²) in [6.07, 6.45) is 0. The van der Waals surface area contributed by atoms with Crippen LogP contribution in [-0.2, 0) is 0 Å². The number of carbonyl (C=O) groups is 1. The van der Waals surface area contributed by atoms with Crippen LogP contribution in [0.1, 0.15) is 10.4 Å². The normalized spacial score (nSPS) is 10.6. The summed E-state index contributed by atoms with van der Waals surface area (Å²) >= 11 is 0. The van der Waals surface area contributed by atoms with Gasteiger partial charge in [-0.1, -0.05) is 30.3 Å². The minimum absolute atomic E-state index is 0.458. The van der Waals surface area contributed by atoms with E-state index in [2.05, 4.69) is 4.98 Å². The molecule has 0 aliphatic heterocycles. The van der Waals surface area contributed by atoms with Crippen LogP contribution in [-0.4, -0.2) is 10.9 Å². The van der Waals surface area contributed by atoms with Crippen molar-refractivity contribution in [2.75, 3.05) is 5.73 Å². The first-order valence-electron chi connectivity index (χ1n) is 6.20. The lowest BCUT2D eigenvalue weighted by Gasteiger charge is -2.07. The number of hydrogen-bond donors (Lipinski definition) is 2. The van der Waals surface area contributed by atoms with Crippen molar-refractivity contribution >= 4 is 22.5 Å². The Hall–Kier alpha value is -2.88. The van der Waals surface area contributed by atoms with Crippen LogP contribution in [0, 0.1) is 0 Å². The fraction of sp³-hybridized carbons (Fsp3) is 0. The summed E-state index contributed by atoms with van der Waals surface area (Å²) in [4.78, 5) is 16.2.